The number of hydrogen-bond donors (Lipinski definition) is 1. The number of nitrogens with zero attached hydrogens (tertiary/aromatic N) is 2. The number of anilines is 1. The lowest BCUT2D eigenvalue weighted by molar-refractivity contribution is -0.137. The summed E-state index contributed by atoms with van der Waals surface area (Å²) in [5.74, 6) is 1.35. The Balaban J connectivity index is 1.51. The normalized spacial score (nSPS) is 13.5. The minimum atomic E-state index is -4.38. The Kier molecular flexibility index (Phi) is 5.54. The van der Waals surface area contributed by atoms with Gasteiger partial charge in [-0.15, -0.1) is 0 Å². The first kappa shape index (κ1) is 20.7. The molecule has 1 aliphatic heterocycles. The number of carbonyl (C=O) groups is 1. The van der Waals surface area contributed by atoms with Crippen LogP contribution in [0, 0.1) is 0 Å². The van der Waals surface area contributed by atoms with Crippen LogP contribution >= 0.6 is 0 Å². The van der Waals surface area contributed by atoms with Crippen LogP contribution in [-0.4, -0.2) is 24.5 Å². The van der Waals surface area contributed by atoms with E-state index < -0.39 is 11.7 Å². The largest absolute Gasteiger partial charge is 0.457 e. The maximum atomic E-state index is 12.7. The van der Waals surface area contributed by atoms with Crippen LogP contribution in [-0.2, 0) is 19.1 Å². The average Bonchev–Trinajstić information content (AvgIpc) is 2.78. The summed E-state index contributed by atoms with van der Waals surface area (Å²) in [5, 5.41) is 2.57. The molecule has 31 heavy (non-hydrogen) atoms. The smallest absolute Gasteiger partial charge is 0.416 e. The number of ether oxygens (including phenoxy) is 1. The molecular formula is C23H20F3N3O2. The summed E-state index contributed by atoms with van der Waals surface area (Å²) in [6.45, 7) is 1.35. The predicted molar refractivity (Wildman–Crippen MR) is 110 cm³/mol. The zero-order chi connectivity index (χ0) is 22.0. The Labute approximate surface area is 177 Å². The molecule has 0 saturated carbocycles. The quantitative estimate of drug-likeness (QED) is 0.649. The zero-order valence-electron chi connectivity index (χ0n) is 16.7. The molecule has 5 nitrogen and oxygen atoms in total. The van der Waals surface area contributed by atoms with E-state index in [0.29, 0.717) is 29.6 Å². The Morgan fingerprint density at radius 3 is 2.48 bits per heavy atom. The second kappa shape index (κ2) is 8.29. The molecule has 0 bridgehead atoms. The molecule has 3 aromatic rings. The third-order valence-corrected chi connectivity index (χ3v) is 5.13. The van der Waals surface area contributed by atoms with Crippen molar-refractivity contribution in [2.24, 2.45) is 0 Å². The third-order valence-electron chi connectivity index (χ3n) is 5.13. The number of pyridine rings is 1. The minimum Gasteiger partial charge on any atom is -0.457 e. The number of benzene rings is 2. The Morgan fingerprint density at radius 2 is 1.77 bits per heavy atom. The third kappa shape index (κ3) is 4.63. The molecule has 1 aromatic heterocycles. The number of halogens is 3. The SMILES string of the molecule is CNC(=O)c1cccc(N2CCc3ccc(Oc4ccc(C(F)(F)F)cc4)cc3C2)n1. The Hall–Kier alpha value is -3.55. The molecule has 0 radical (unpaired) electrons. The number of fused-ring (bicyclic) bond motifs is 1. The van der Waals surface area contributed by atoms with Crippen LogP contribution in [0.2, 0.25) is 0 Å². The van der Waals surface area contributed by atoms with Crippen molar-refractivity contribution in [3.05, 3.63) is 83.0 Å². The van der Waals surface area contributed by atoms with E-state index >= 15 is 0 Å². The lowest BCUT2D eigenvalue weighted by Gasteiger charge is -2.30. The predicted octanol–water partition coefficient (Wildman–Crippen LogP) is 4.82. The van der Waals surface area contributed by atoms with Crippen LogP contribution in [0.5, 0.6) is 11.5 Å². The first-order valence-corrected chi connectivity index (χ1v) is 9.74. The molecule has 2 aromatic carbocycles. The van der Waals surface area contributed by atoms with E-state index in [1.54, 1.807) is 19.2 Å². The fourth-order valence-corrected chi connectivity index (χ4v) is 3.49. The summed E-state index contributed by atoms with van der Waals surface area (Å²) in [6, 6.07) is 15.6. The van der Waals surface area contributed by atoms with E-state index in [-0.39, 0.29) is 5.91 Å². The average molecular weight is 427 g/mol. The molecule has 0 unspecified atom stereocenters. The standard InChI is InChI=1S/C23H20F3N3O2/c1-27-22(30)20-3-2-4-21(28-20)29-12-11-15-5-8-19(13-16(15)14-29)31-18-9-6-17(7-10-18)23(24,25)26/h2-10,13H,11-12,14H2,1H3,(H,27,30). The molecule has 8 heteroatoms. The van der Waals surface area contributed by atoms with Gasteiger partial charge >= 0.3 is 6.18 Å². The molecule has 0 spiro atoms. The molecule has 4 rings (SSSR count). The zero-order valence-corrected chi connectivity index (χ0v) is 16.7. The highest BCUT2D eigenvalue weighted by Gasteiger charge is 2.30. The maximum Gasteiger partial charge on any atom is 0.416 e. The summed E-state index contributed by atoms with van der Waals surface area (Å²) >= 11 is 0. The molecule has 1 N–H and O–H groups in total. The van der Waals surface area contributed by atoms with Gasteiger partial charge in [0.1, 0.15) is 23.0 Å². The van der Waals surface area contributed by atoms with Crippen molar-refractivity contribution in [1.29, 1.82) is 0 Å². The van der Waals surface area contributed by atoms with Gasteiger partial charge in [0.25, 0.3) is 5.91 Å². The topological polar surface area (TPSA) is 54.5 Å². The molecule has 1 amide bonds. The Bertz CT molecular complexity index is 1100. The van der Waals surface area contributed by atoms with Gasteiger partial charge in [-0.1, -0.05) is 12.1 Å². The molecule has 2 heterocycles. The van der Waals surface area contributed by atoms with E-state index in [0.717, 1.165) is 30.7 Å². The van der Waals surface area contributed by atoms with Crippen molar-refractivity contribution >= 4 is 11.7 Å². The van der Waals surface area contributed by atoms with Crippen LogP contribution in [0.3, 0.4) is 0 Å². The van der Waals surface area contributed by atoms with Gasteiger partial charge in [-0.2, -0.15) is 13.2 Å². The van der Waals surface area contributed by atoms with Crippen molar-refractivity contribution in [2.75, 3.05) is 18.5 Å². The minimum absolute atomic E-state index is 0.244. The monoisotopic (exact) mass is 427 g/mol. The van der Waals surface area contributed by atoms with Crippen molar-refractivity contribution in [2.45, 2.75) is 19.1 Å². The van der Waals surface area contributed by atoms with Crippen LogP contribution < -0.4 is 15.0 Å². The van der Waals surface area contributed by atoms with Crippen molar-refractivity contribution in [1.82, 2.24) is 10.3 Å². The number of rotatable bonds is 4. The summed E-state index contributed by atoms with van der Waals surface area (Å²) in [4.78, 5) is 18.4. The van der Waals surface area contributed by atoms with Gasteiger partial charge in [-0.25, -0.2) is 4.98 Å². The Morgan fingerprint density at radius 1 is 1.03 bits per heavy atom. The molecule has 160 valence electrons. The number of carbonyl (C=O) groups excluding carboxylic acids is 1. The second-order valence-electron chi connectivity index (χ2n) is 7.19. The number of alkyl halides is 3. The second-order valence-corrected chi connectivity index (χ2v) is 7.19. The fourth-order valence-electron chi connectivity index (χ4n) is 3.49. The van der Waals surface area contributed by atoms with Gasteiger partial charge in [0.05, 0.1) is 5.56 Å². The van der Waals surface area contributed by atoms with Crippen LogP contribution in [0.25, 0.3) is 0 Å². The van der Waals surface area contributed by atoms with Crippen LogP contribution in [0.15, 0.2) is 60.7 Å². The van der Waals surface area contributed by atoms with Crippen molar-refractivity contribution in [3.63, 3.8) is 0 Å². The van der Waals surface area contributed by atoms with E-state index in [1.807, 2.05) is 24.3 Å². The van der Waals surface area contributed by atoms with E-state index in [4.69, 9.17) is 4.74 Å². The molecular weight excluding hydrogens is 407 g/mol. The first-order chi connectivity index (χ1) is 14.8. The highest BCUT2D eigenvalue weighted by Crippen LogP contribution is 2.32. The van der Waals surface area contributed by atoms with Gasteiger partial charge in [0, 0.05) is 20.1 Å². The van der Waals surface area contributed by atoms with Gasteiger partial charge in [-0.05, 0) is 66.1 Å². The molecule has 1 aliphatic rings. The molecule has 0 saturated heterocycles. The number of hydrogen-bond acceptors (Lipinski definition) is 4. The summed E-state index contributed by atoms with van der Waals surface area (Å²) < 4.78 is 43.9. The fraction of sp³-hybridized carbons (Fsp3) is 0.217. The number of aromatic nitrogens is 1. The first-order valence-electron chi connectivity index (χ1n) is 9.74. The van der Waals surface area contributed by atoms with Crippen LogP contribution in [0.4, 0.5) is 19.0 Å². The van der Waals surface area contributed by atoms with E-state index in [9.17, 15) is 18.0 Å². The maximum absolute atomic E-state index is 12.7. The summed E-state index contributed by atoms with van der Waals surface area (Å²) in [5.41, 5.74) is 1.86. The number of nitrogens with one attached hydrogen (secondary N) is 1. The lowest BCUT2D eigenvalue weighted by atomic mass is 9.99. The highest BCUT2D eigenvalue weighted by atomic mass is 19.4. The van der Waals surface area contributed by atoms with Crippen molar-refractivity contribution in [3.8, 4) is 11.5 Å². The summed E-state index contributed by atoms with van der Waals surface area (Å²) in [7, 11) is 1.56. The molecule has 0 atom stereocenters. The van der Waals surface area contributed by atoms with Gasteiger partial charge in [0.15, 0.2) is 0 Å². The van der Waals surface area contributed by atoms with Gasteiger partial charge < -0.3 is 15.0 Å². The lowest BCUT2D eigenvalue weighted by Crippen LogP contribution is -2.31. The highest BCUT2D eigenvalue weighted by molar-refractivity contribution is 5.92. The van der Waals surface area contributed by atoms with Gasteiger partial charge in [-0.3, -0.25) is 4.79 Å². The number of amides is 1. The van der Waals surface area contributed by atoms with E-state index in [1.165, 1.54) is 17.7 Å². The van der Waals surface area contributed by atoms with E-state index in [2.05, 4.69) is 15.2 Å². The van der Waals surface area contributed by atoms with Gasteiger partial charge in [0.2, 0.25) is 0 Å². The van der Waals surface area contributed by atoms with Crippen LogP contribution in [0.1, 0.15) is 27.2 Å². The molecule has 0 aliphatic carbocycles. The summed E-state index contributed by atoms with van der Waals surface area (Å²) in [6.07, 6.45) is -3.57. The van der Waals surface area contributed by atoms with Crippen molar-refractivity contribution < 1.29 is 22.7 Å². The molecule has 0 fully saturated rings.